The zero-order valence-electron chi connectivity index (χ0n) is 7.78. The van der Waals surface area contributed by atoms with Crippen molar-refractivity contribution in [3.63, 3.8) is 0 Å². The van der Waals surface area contributed by atoms with Gasteiger partial charge in [0.05, 0.1) is 0 Å². The maximum Gasteiger partial charge on any atom is 0.241 e. The summed E-state index contributed by atoms with van der Waals surface area (Å²) in [6, 6.07) is 0. The molecule has 0 bridgehead atoms. The maximum atomic E-state index is 11.7. The Hall–Kier alpha value is -2.51. The van der Waals surface area contributed by atoms with Gasteiger partial charge in [-0.3, -0.25) is 9.59 Å². The summed E-state index contributed by atoms with van der Waals surface area (Å²) in [6.45, 7) is 0. The molecule has 0 saturated heterocycles. The molecule has 0 radical (unpaired) electrons. The van der Waals surface area contributed by atoms with Crippen LogP contribution in [0.4, 0.5) is 0 Å². The summed E-state index contributed by atoms with van der Waals surface area (Å²) in [5.74, 6) is -4.53. The molecule has 1 aliphatic carbocycles. The fourth-order valence-electron chi connectivity index (χ4n) is 1.27. The molecule has 16 heavy (non-hydrogen) atoms. The van der Waals surface area contributed by atoms with Gasteiger partial charge in [-0.1, -0.05) is 0 Å². The Morgan fingerprint density at radius 3 is 2.75 bits per heavy atom. The van der Waals surface area contributed by atoms with E-state index in [9.17, 15) is 19.8 Å². The number of aliphatic hydroxyl groups excluding tert-OH is 2. The molecule has 1 atom stereocenters. The van der Waals surface area contributed by atoms with E-state index in [0.717, 1.165) is 12.2 Å². The van der Waals surface area contributed by atoms with Gasteiger partial charge in [-0.25, -0.2) is 0 Å². The van der Waals surface area contributed by atoms with E-state index in [0.29, 0.717) is 0 Å². The van der Waals surface area contributed by atoms with Crippen molar-refractivity contribution < 1.29 is 19.8 Å². The molecule has 1 heterocycles. The Balaban J connectivity index is 2.38. The molecule has 1 aromatic heterocycles. The summed E-state index contributed by atoms with van der Waals surface area (Å²) >= 11 is 0. The third-order valence-corrected chi connectivity index (χ3v) is 2.05. The van der Waals surface area contributed by atoms with Crippen LogP contribution in [0.1, 0.15) is 10.6 Å². The smallest absolute Gasteiger partial charge is 0.241 e. The number of hydrogen-bond acceptors (Lipinski definition) is 7. The molecule has 1 unspecified atom stereocenters. The van der Waals surface area contributed by atoms with Crippen molar-refractivity contribution in [2.75, 3.05) is 0 Å². The van der Waals surface area contributed by atoms with Gasteiger partial charge in [0.1, 0.15) is 5.92 Å². The standard InChI is InChI=1S/C8H6N4O4/c13-3-1-2-4(14)6(15)5(3)7(16)8-9-11-12-10-8/h1-2,5,14-15H,(H,9,10,11,12). The van der Waals surface area contributed by atoms with Gasteiger partial charge < -0.3 is 10.2 Å². The number of hydrogen-bond donors (Lipinski definition) is 3. The van der Waals surface area contributed by atoms with Crippen LogP contribution >= 0.6 is 0 Å². The Labute approximate surface area is 88.3 Å². The molecule has 2 rings (SSSR count). The van der Waals surface area contributed by atoms with Gasteiger partial charge in [-0.2, -0.15) is 5.21 Å². The molecule has 0 aliphatic heterocycles. The third kappa shape index (κ3) is 1.45. The van der Waals surface area contributed by atoms with Crippen LogP contribution in [0, 0.1) is 5.92 Å². The first-order valence-corrected chi connectivity index (χ1v) is 4.23. The van der Waals surface area contributed by atoms with Gasteiger partial charge >= 0.3 is 0 Å². The van der Waals surface area contributed by atoms with Crippen LogP contribution in [0.2, 0.25) is 0 Å². The summed E-state index contributed by atoms with van der Waals surface area (Å²) in [5.41, 5.74) is 0. The van der Waals surface area contributed by atoms with Crippen LogP contribution in [0.5, 0.6) is 0 Å². The zero-order valence-corrected chi connectivity index (χ0v) is 7.78. The molecule has 0 saturated carbocycles. The number of allylic oxidation sites excluding steroid dienone is 3. The number of carbonyl (C=O) groups excluding carboxylic acids is 2. The highest BCUT2D eigenvalue weighted by molar-refractivity contribution is 6.15. The van der Waals surface area contributed by atoms with Gasteiger partial charge in [-0.05, 0) is 17.4 Å². The Morgan fingerprint density at radius 1 is 1.38 bits per heavy atom. The zero-order chi connectivity index (χ0) is 11.7. The molecule has 82 valence electrons. The summed E-state index contributed by atoms with van der Waals surface area (Å²) in [6.07, 6.45) is 2.01. The average Bonchev–Trinajstić information content (AvgIpc) is 2.77. The van der Waals surface area contributed by atoms with Gasteiger partial charge in [0.15, 0.2) is 17.3 Å². The monoisotopic (exact) mass is 222 g/mol. The maximum absolute atomic E-state index is 11.7. The minimum absolute atomic E-state index is 0.326. The highest BCUT2D eigenvalue weighted by Crippen LogP contribution is 2.21. The van der Waals surface area contributed by atoms with Gasteiger partial charge in [-0.15, -0.1) is 10.2 Å². The third-order valence-electron chi connectivity index (χ3n) is 2.05. The van der Waals surface area contributed by atoms with Crippen LogP contribution in [-0.4, -0.2) is 42.4 Å². The number of ketones is 2. The topological polar surface area (TPSA) is 129 Å². The van der Waals surface area contributed by atoms with Crippen LogP contribution < -0.4 is 0 Å². The summed E-state index contributed by atoms with van der Waals surface area (Å²) in [7, 11) is 0. The number of rotatable bonds is 2. The fraction of sp³-hybridized carbons (Fsp3) is 0.125. The van der Waals surface area contributed by atoms with E-state index in [1.54, 1.807) is 0 Å². The largest absolute Gasteiger partial charge is 0.507 e. The lowest BCUT2D eigenvalue weighted by atomic mass is 9.91. The number of aliphatic hydroxyl groups is 2. The fourth-order valence-corrected chi connectivity index (χ4v) is 1.27. The molecular formula is C8H6N4O4. The molecule has 0 spiro atoms. The first-order chi connectivity index (χ1) is 7.61. The average molecular weight is 222 g/mol. The second-order valence-corrected chi connectivity index (χ2v) is 3.04. The Kier molecular flexibility index (Phi) is 2.24. The molecule has 1 aliphatic rings. The summed E-state index contributed by atoms with van der Waals surface area (Å²) < 4.78 is 0. The molecule has 0 fully saturated rings. The predicted molar refractivity (Wildman–Crippen MR) is 48.4 cm³/mol. The van der Waals surface area contributed by atoms with Crippen molar-refractivity contribution in [3.05, 3.63) is 29.5 Å². The van der Waals surface area contributed by atoms with E-state index >= 15 is 0 Å². The predicted octanol–water partition coefficient (Wildman–Crippen LogP) is -0.535. The number of carbonyl (C=O) groups is 2. The number of aromatic nitrogens is 4. The highest BCUT2D eigenvalue weighted by atomic mass is 16.3. The lowest BCUT2D eigenvalue weighted by molar-refractivity contribution is -0.117. The highest BCUT2D eigenvalue weighted by Gasteiger charge is 2.36. The van der Waals surface area contributed by atoms with Crippen LogP contribution in [-0.2, 0) is 4.79 Å². The number of nitrogens with zero attached hydrogens (tertiary/aromatic N) is 3. The number of H-pyrrole nitrogens is 1. The van der Waals surface area contributed by atoms with E-state index in [4.69, 9.17) is 0 Å². The normalized spacial score (nSPS) is 20.2. The van der Waals surface area contributed by atoms with Gasteiger partial charge in [0, 0.05) is 0 Å². The Bertz CT molecular complexity index is 502. The summed E-state index contributed by atoms with van der Waals surface area (Å²) in [4.78, 5) is 23.1. The molecule has 0 aromatic carbocycles. The van der Waals surface area contributed by atoms with E-state index in [-0.39, 0.29) is 5.82 Å². The number of nitrogens with one attached hydrogen (secondary N) is 1. The second kappa shape index (κ2) is 3.57. The SMILES string of the molecule is O=C1C=CC(O)=C(O)C1C(=O)c1nn[nH]n1. The quantitative estimate of drug-likeness (QED) is 0.452. The number of Topliss-reactive ketones (excluding diaryl/α,β-unsaturated/α-hetero) is 1. The molecule has 8 heteroatoms. The van der Waals surface area contributed by atoms with Crippen molar-refractivity contribution >= 4 is 11.6 Å². The van der Waals surface area contributed by atoms with Crippen molar-refractivity contribution in [1.82, 2.24) is 20.6 Å². The van der Waals surface area contributed by atoms with E-state index in [1.165, 1.54) is 0 Å². The van der Waals surface area contributed by atoms with Crippen molar-refractivity contribution in [2.45, 2.75) is 0 Å². The van der Waals surface area contributed by atoms with E-state index in [1.807, 2.05) is 0 Å². The number of aromatic amines is 1. The van der Waals surface area contributed by atoms with Crippen molar-refractivity contribution in [2.24, 2.45) is 5.92 Å². The van der Waals surface area contributed by atoms with Crippen LogP contribution in [0.25, 0.3) is 0 Å². The molecule has 3 N–H and O–H groups in total. The molecule has 1 aromatic rings. The van der Waals surface area contributed by atoms with Crippen molar-refractivity contribution in [1.29, 1.82) is 0 Å². The lowest BCUT2D eigenvalue weighted by Crippen LogP contribution is -2.28. The molecule has 0 amide bonds. The van der Waals surface area contributed by atoms with Crippen molar-refractivity contribution in [3.8, 4) is 0 Å². The number of tetrazole rings is 1. The summed E-state index contributed by atoms with van der Waals surface area (Å²) in [5, 5.41) is 30.6. The van der Waals surface area contributed by atoms with Crippen LogP contribution in [0.15, 0.2) is 23.7 Å². The van der Waals surface area contributed by atoms with E-state index < -0.39 is 29.0 Å². The minimum Gasteiger partial charge on any atom is -0.507 e. The van der Waals surface area contributed by atoms with Crippen LogP contribution in [0.3, 0.4) is 0 Å². The first-order valence-electron chi connectivity index (χ1n) is 4.23. The minimum atomic E-state index is -1.50. The lowest BCUT2D eigenvalue weighted by Gasteiger charge is -2.14. The molecule has 8 nitrogen and oxygen atoms in total. The first kappa shape index (κ1) is 10.0. The van der Waals surface area contributed by atoms with E-state index in [2.05, 4.69) is 20.6 Å². The van der Waals surface area contributed by atoms with Gasteiger partial charge in [0.25, 0.3) is 0 Å². The molecular weight excluding hydrogens is 216 g/mol. The van der Waals surface area contributed by atoms with Gasteiger partial charge in [0.2, 0.25) is 11.6 Å². The second-order valence-electron chi connectivity index (χ2n) is 3.04. The Morgan fingerprint density at radius 2 is 2.12 bits per heavy atom.